The highest BCUT2D eigenvalue weighted by Crippen LogP contribution is 2.02. The second kappa shape index (κ2) is 6.77. The first kappa shape index (κ1) is 16.1. The number of sulfone groups is 1. The Morgan fingerprint density at radius 1 is 1.22 bits per heavy atom. The molecule has 1 aliphatic rings. The van der Waals surface area contributed by atoms with Crippen LogP contribution in [-0.4, -0.2) is 60.4 Å². The zero-order valence-corrected chi connectivity index (χ0v) is 13.6. The maximum atomic E-state index is 12.3. The van der Waals surface area contributed by atoms with E-state index in [1.165, 1.54) is 4.40 Å². The van der Waals surface area contributed by atoms with Crippen molar-refractivity contribution in [3.05, 3.63) is 46.5 Å². The third-order valence-electron chi connectivity index (χ3n) is 4.04. The van der Waals surface area contributed by atoms with Crippen molar-refractivity contribution in [1.29, 1.82) is 0 Å². The molecule has 7 nitrogen and oxygen atoms in total. The summed E-state index contributed by atoms with van der Waals surface area (Å²) < 4.78 is 24.3. The molecule has 3 heterocycles. The number of hydrogen-bond donors (Lipinski definition) is 1. The molecule has 3 rings (SSSR count). The van der Waals surface area contributed by atoms with E-state index < -0.39 is 9.84 Å². The maximum absolute atomic E-state index is 12.3. The minimum absolute atomic E-state index is 0.0628. The van der Waals surface area contributed by atoms with Gasteiger partial charge in [-0.25, -0.2) is 13.4 Å². The molecule has 1 aliphatic heterocycles. The second-order valence-corrected chi connectivity index (χ2v) is 7.99. The highest BCUT2D eigenvalue weighted by atomic mass is 32.2. The SMILES string of the molecule is O=c1c(CNCCN2CCS(=O)(=O)CC2)cnc2ccccn12. The van der Waals surface area contributed by atoms with Crippen LogP contribution in [0.3, 0.4) is 0 Å². The predicted octanol–water partition coefficient (Wildman–Crippen LogP) is -0.485. The van der Waals surface area contributed by atoms with Gasteiger partial charge in [-0.1, -0.05) is 6.07 Å². The van der Waals surface area contributed by atoms with E-state index in [1.807, 2.05) is 6.07 Å². The van der Waals surface area contributed by atoms with Gasteiger partial charge in [0, 0.05) is 50.7 Å². The summed E-state index contributed by atoms with van der Waals surface area (Å²) in [5.41, 5.74) is 1.19. The fraction of sp³-hybridized carbons (Fsp3) is 0.467. The van der Waals surface area contributed by atoms with E-state index in [4.69, 9.17) is 0 Å². The zero-order chi connectivity index (χ0) is 16.3. The van der Waals surface area contributed by atoms with Crippen LogP contribution in [-0.2, 0) is 16.4 Å². The van der Waals surface area contributed by atoms with Crippen molar-refractivity contribution in [3.63, 3.8) is 0 Å². The van der Waals surface area contributed by atoms with Gasteiger partial charge in [-0.15, -0.1) is 0 Å². The Balaban J connectivity index is 1.52. The predicted molar refractivity (Wildman–Crippen MR) is 88.3 cm³/mol. The number of nitrogens with one attached hydrogen (secondary N) is 1. The largest absolute Gasteiger partial charge is 0.311 e. The Labute approximate surface area is 134 Å². The summed E-state index contributed by atoms with van der Waals surface area (Å²) in [5.74, 6) is 0.478. The van der Waals surface area contributed by atoms with Gasteiger partial charge >= 0.3 is 0 Å². The van der Waals surface area contributed by atoms with Gasteiger partial charge in [-0.3, -0.25) is 9.20 Å². The molecular weight excluding hydrogens is 316 g/mol. The van der Waals surface area contributed by atoms with Crippen LogP contribution >= 0.6 is 0 Å². The van der Waals surface area contributed by atoms with E-state index in [9.17, 15) is 13.2 Å². The van der Waals surface area contributed by atoms with Gasteiger partial charge in [-0.05, 0) is 12.1 Å². The van der Waals surface area contributed by atoms with E-state index >= 15 is 0 Å². The van der Waals surface area contributed by atoms with Crippen molar-refractivity contribution < 1.29 is 8.42 Å². The maximum Gasteiger partial charge on any atom is 0.262 e. The van der Waals surface area contributed by atoms with Crippen LogP contribution in [0, 0.1) is 0 Å². The molecule has 23 heavy (non-hydrogen) atoms. The number of hydrogen-bond acceptors (Lipinski definition) is 6. The van der Waals surface area contributed by atoms with Crippen LogP contribution in [0.15, 0.2) is 35.4 Å². The van der Waals surface area contributed by atoms with E-state index in [0.717, 1.165) is 6.54 Å². The van der Waals surface area contributed by atoms with Crippen LogP contribution in [0.2, 0.25) is 0 Å². The average molecular weight is 336 g/mol. The third-order valence-corrected chi connectivity index (χ3v) is 5.65. The van der Waals surface area contributed by atoms with Crippen LogP contribution < -0.4 is 10.9 Å². The summed E-state index contributed by atoms with van der Waals surface area (Å²) in [5, 5.41) is 3.23. The van der Waals surface area contributed by atoms with Crippen LogP contribution in [0.4, 0.5) is 0 Å². The third kappa shape index (κ3) is 3.95. The number of nitrogens with zero attached hydrogens (tertiary/aromatic N) is 3. The number of aromatic nitrogens is 2. The summed E-state index contributed by atoms with van der Waals surface area (Å²) in [4.78, 5) is 18.7. The minimum atomic E-state index is -2.83. The first-order chi connectivity index (χ1) is 11.1. The lowest BCUT2D eigenvalue weighted by Gasteiger charge is -2.26. The molecule has 2 aromatic rings. The summed E-state index contributed by atoms with van der Waals surface area (Å²) in [6, 6.07) is 5.44. The van der Waals surface area contributed by atoms with Crippen molar-refractivity contribution in [3.8, 4) is 0 Å². The van der Waals surface area contributed by atoms with Gasteiger partial charge in [0.25, 0.3) is 5.56 Å². The molecule has 0 spiro atoms. The number of rotatable bonds is 5. The van der Waals surface area contributed by atoms with E-state index in [0.29, 0.717) is 37.4 Å². The molecule has 0 atom stereocenters. The Morgan fingerprint density at radius 2 is 2.00 bits per heavy atom. The van der Waals surface area contributed by atoms with Crippen molar-refractivity contribution in [2.75, 3.05) is 37.7 Å². The van der Waals surface area contributed by atoms with Gasteiger partial charge in [0.2, 0.25) is 0 Å². The molecule has 0 bridgehead atoms. The Morgan fingerprint density at radius 3 is 2.78 bits per heavy atom. The molecule has 0 unspecified atom stereocenters. The highest BCUT2D eigenvalue weighted by Gasteiger charge is 2.20. The fourth-order valence-electron chi connectivity index (χ4n) is 2.62. The van der Waals surface area contributed by atoms with Gasteiger partial charge in [-0.2, -0.15) is 0 Å². The second-order valence-electron chi connectivity index (χ2n) is 5.69. The van der Waals surface area contributed by atoms with Crippen molar-refractivity contribution in [2.24, 2.45) is 0 Å². The molecule has 0 aliphatic carbocycles. The molecule has 1 saturated heterocycles. The quantitative estimate of drug-likeness (QED) is 0.742. The average Bonchev–Trinajstić information content (AvgIpc) is 2.55. The van der Waals surface area contributed by atoms with Gasteiger partial charge in [0.1, 0.15) is 5.65 Å². The van der Waals surface area contributed by atoms with Crippen LogP contribution in [0.25, 0.3) is 5.65 Å². The zero-order valence-electron chi connectivity index (χ0n) is 12.8. The van der Waals surface area contributed by atoms with E-state index in [-0.39, 0.29) is 17.1 Å². The molecule has 124 valence electrons. The smallest absolute Gasteiger partial charge is 0.262 e. The summed E-state index contributed by atoms with van der Waals surface area (Å²) in [6.45, 7) is 3.11. The normalized spacial score (nSPS) is 18.3. The van der Waals surface area contributed by atoms with Gasteiger partial charge in [0.15, 0.2) is 9.84 Å². The minimum Gasteiger partial charge on any atom is -0.311 e. The first-order valence-corrected chi connectivity index (χ1v) is 9.46. The summed E-state index contributed by atoms with van der Waals surface area (Å²) in [6.07, 6.45) is 3.32. The van der Waals surface area contributed by atoms with E-state index in [1.54, 1.807) is 24.5 Å². The fourth-order valence-corrected chi connectivity index (χ4v) is 3.90. The van der Waals surface area contributed by atoms with Crippen LogP contribution in [0.5, 0.6) is 0 Å². The van der Waals surface area contributed by atoms with Crippen molar-refractivity contribution in [1.82, 2.24) is 19.6 Å². The Hall–Kier alpha value is -1.77. The van der Waals surface area contributed by atoms with Crippen LogP contribution in [0.1, 0.15) is 5.56 Å². The molecule has 0 amide bonds. The highest BCUT2D eigenvalue weighted by molar-refractivity contribution is 7.91. The van der Waals surface area contributed by atoms with Gasteiger partial charge < -0.3 is 10.2 Å². The van der Waals surface area contributed by atoms with Crippen molar-refractivity contribution in [2.45, 2.75) is 6.54 Å². The molecule has 1 fully saturated rings. The number of pyridine rings is 1. The van der Waals surface area contributed by atoms with Crippen molar-refractivity contribution >= 4 is 15.5 Å². The lowest BCUT2D eigenvalue weighted by atomic mass is 10.3. The molecule has 1 N–H and O–H groups in total. The lowest BCUT2D eigenvalue weighted by Crippen LogP contribution is -2.43. The molecule has 8 heteroatoms. The topological polar surface area (TPSA) is 83.8 Å². The molecule has 0 aromatic carbocycles. The Kier molecular flexibility index (Phi) is 4.74. The molecular formula is C15H20N4O3S. The summed E-state index contributed by atoms with van der Waals surface area (Å²) in [7, 11) is -2.83. The number of fused-ring (bicyclic) bond motifs is 1. The molecule has 0 saturated carbocycles. The Bertz CT molecular complexity index is 833. The standard InChI is InChI=1S/C15H20N4O3S/c20-15-13(12-17-14-3-1-2-5-19(14)15)11-16-4-6-18-7-9-23(21,22)10-8-18/h1-3,5,12,16H,4,6-11H2. The molecule has 0 radical (unpaired) electrons. The van der Waals surface area contributed by atoms with Gasteiger partial charge in [0.05, 0.1) is 11.5 Å². The molecule has 2 aromatic heterocycles. The summed E-state index contributed by atoms with van der Waals surface area (Å²) >= 11 is 0. The monoisotopic (exact) mass is 336 g/mol. The van der Waals surface area contributed by atoms with E-state index in [2.05, 4.69) is 15.2 Å². The lowest BCUT2D eigenvalue weighted by molar-refractivity contribution is 0.294. The first-order valence-electron chi connectivity index (χ1n) is 7.64.